The largest absolute Gasteiger partial charge is 0.386 e. The molecule has 0 bridgehead atoms. The molecule has 0 aliphatic heterocycles. The fourth-order valence-corrected chi connectivity index (χ4v) is 2.41. The molecule has 1 rings (SSSR count). The van der Waals surface area contributed by atoms with Crippen molar-refractivity contribution in [2.24, 2.45) is 11.7 Å². The fourth-order valence-electron chi connectivity index (χ4n) is 1.76. The molecule has 0 aliphatic carbocycles. The third kappa shape index (κ3) is 4.35. The maximum Gasteiger partial charge on any atom is 0.237 e. The van der Waals surface area contributed by atoms with Crippen LogP contribution in [-0.2, 0) is 4.79 Å². The van der Waals surface area contributed by atoms with E-state index in [9.17, 15) is 9.90 Å². The molecule has 6 heteroatoms. The first-order valence-electron chi connectivity index (χ1n) is 6.53. The van der Waals surface area contributed by atoms with Crippen molar-refractivity contribution in [2.45, 2.75) is 32.4 Å². The maximum atomic E-state index is 11.8. The number of amides is 1. The van der Waals surface area contributed by atoms with E-state index < -0.39 is 12.1 Å². The molecule has 4 N–H and O–H groups in total. The van der Waals surface area contributed by atoms with Gasteiger partial charge in [0.2, 0.25) is 5.91 Å². The summed E-state index contributed by atoms with van der Waals surface area (Å²) in [4.78, 5) is 11.8. The van der Waals surface area contributed by atoms with E-state index >= 15 is 0 Å². The number of nitrogens with two attached hydrogens (primary N) is 1. The van der Waals surface area contributed by atoms with Crippen LogP contribution < -0.4 is 11.1 Å². The van der Waals surface area contributed by atoms with Crippen LogP contribution in [0.15, 0.2) is 18.2 Å². The zero-order valence-electron chi connectivity index (χ0n) is 11.6. The molecule has 0 spiro atoms. The zero-order chi connectivity index (χ0) is 15.3. The first kappa shape index (κ1) is 17.2. The molecule has 20 heavy (non-hydrogen) atoms. The Bertz CT molecular complexity index is 448. The van der Waals surface area contributed by atoms with Gasteiger partial charge in [-0.05, 0) is 18.1 Å². The van der Waals surface area contributed by atoms with Crippen LogP contribution >= 0.6 is 23.2 Å². The van der Waals surface area contributed by atoms with Crippen molar-refractivity contribution in [2.75, 3.05) is 6.54 Å². The van der Waals surface area contributed by atoms with E-state index in [1.54, 1.807) is 18.2 Å². The van der Waals surface area contributed by atoms with Gasteiger partial charge in [0.25, 0.3) is 0 Å². The molecule has 4 nitrogen and oxygen atoms in total. The van der Waals surface area contributed by atoms with E-state index in [0.717, 1.165) is 6.42 Å². The monoisotopic (exact) mass is 318 g/mol. The highest BCUT2D eigenvalue weighted by molar-refractivity contribution is 6.36. The van der Waals surface area contributed by atoms with E-state index in [0.29, 0.717) is 15.6 Å². The quantitative estimate of drug-likeness (QED) is 0.754. The summed E-state index contributed by atoms with van der Waals surface area (Å²) in [6.07, 6.45) is -0.155. The lowest BCUT2D eigenvalue weighted by atomic mass is 9.99. The molecule has 0 radical (unpaired) electrons. The van der Waals surface area contributed by atoms with Crippen molar-refractivity contribution in [3.05, 3.63) is 33.8 Å². The number of rotatable bonds is 6. The van der Waals surface area contributed by atoms with Crippen LogP contribution in [0.2, 0.25) is 10.0 Å². The molecule has 112 valence electrons. The van der Waals surface area contributed by atoms with E-state index in [-0.39, 0.29) is 18.4 Å². The predicted octanol–water partition coefficient (Wildman–Crippen LogP) is 2.52. The van der Waals surface area contributed by atoms with Gasteiger partial charge in [-0.1, -0.05) is 49.5 Å². The normalized spacial score (nSPS) is 15.5. The Morgan fingerprint density at radius 3 is 2.45 bits per heavy atom. The highest BCUT2D eigenvalue weighted by atomic mass is 35.5. The van der Waals surface area contributed by atoms with E-state index in [2.05, 4.69) is 5.32 Å². The minimum absolute atomic E-state index is 0.0203. The third-order valence-electron chi connectivity index (χ3n) is 3.36. The molecule has 0 aliphatic rings. The van der Waals surface area contributed by atoms with Crippen LogP contribution in [-0.4, -0.2) is 23.6 Å². The Morgan fingerprint density at radius 2 is 1.95 bits per heavy atom. The third-order valence-corrected chi connectivity index (χ3v) is 4.02. The molecule has 0 saturated heterocycles. The van der Waals surface area contributed by atoms with Gasteiger partial charge in [-0.15, -0.1) is 0 Å². The summed E-state index contributed by atoms with van der Waals surface area (Å²) in [5.74, 6) is -0.211. The second-order valence-corrected chi connectivity index (χ2v) is 5.62. The minimum Gasteiger partial charge on any atom is -0.386 e. The number of aliphatic hydroxyl groups is 1. The van der Waals surface area contributed by atoms with E-state index in [4.69, 9.17) is 28.9 Å². The maximum absolute atomic E-state index is 11.8. The van der Waals surface area contributed by atoms with Crippen LogP contribution in [0.5, 0.6) is 0 Å². The molecule has 0 saturated carbocycles. The summed E-state index contributed by atoms with van der Waals surface area (Å²) in [7, 11) is 0. The molecular formula is C14H20Cl2N2O2. The first-order valence-corrected chi connectivity index (χ1v) is 7.29. The van der Waals surface area contributed by atoms with Crippen molar-refractivity contribution in [1.82, 2.24) is 5.32 Å². The zero-order valence-corrected chi connectivity index (χ0v) is 13.1. The predicted molar refractivity (Wildman–Crippen MR) is 81.9 cm³/mol. The number of nitrogens with one attached hydrogen (secondary N) is 1. The molecule has 1 aromatic rings. The van der Waals surface area contributed by atoms with Gasteiger partial charge in [0.1, 0.15) is 0 Å². The molecule has 0 heterocycles. The minimum atomic E-state index is -0.968. The lowest BCUT2D eigenvalue weighted by molar-refractivity contribution is -0.123. The smallest absolute Gasteiger partial charge is 0.237 e. The van der Waals surface area contributed by atoms with Crippen molar-refractivity contribution in [1.29, 1.82) is 0 Å². The van der Waals surface area contributed by atoms with Gasteiger partial charge < -0.3 is 16.2 Å². The Morgan fingerprint density at radius 1 is 1.40 bits per heavy atom. The summed E-state index contributed by atoms with van der Waals surface area (Å²) in [5.41, 5.74) is 6.22. The van der Waals surface area contributed by atoms with E-state index in [1.165, 1.54) is 0 Å². The van der Waals surface area contributed by atoms with Crippen LogP contribution in [0.1, 0.15) is 31.9 Å². The second kappa shape index (κ2) is 7.84. The first-order chi connectivity index (χ1) is 9.38. The molecule has 0 aromatic heterocycles. The number of carbonyl (C=O) groups is 1. The van der Waals surface area contributed by atoms with Crippen LogP contribution in [0, 0.1) is 5.92 Å². The number of benzene rings is 1. The van der Waals surface area contributed by atoms with Gasteiger partial charge in [0.05, 0.1) is 12.1 Å². The van der Waals surface area contributed by atoms with Crippen molar-refractivity contribution in [3.63, 3.8) is 0 Å². The van der Waals surface area contributed by atoms with Gasteiger partial charge >= 0.3 is 0 Å². The summed E-state index contributed by atoms with van der Waals surface area (Å²) in [5, 5.41) is 13.4. The van der Waals surface area contributed by atoms with Gasteiger partial charge in [-0.2, -0.15) is 0 Å². The Kier molecular flexibility index (Phi) is 6.76. The number of halogens is 2. The van der Waals surface area contributed by atoms with Gasteiger partial charge in [0.15, 0.2) is 0 Å². The number of aliphatic hydroxyl groups excluding tert-OH is 1. The number of carbonyl (C=O) groups excluding carboxylic acids is 1. The topological polar surface area (TPSA) is 75.4 Å². The molecule has 0 fully saturated rings. The molecular weight excluding hydrogens is 299 g/mol. The number of hydrogen-bond acceptors (Lipinski definition) is 3. The van der Waals surface area contributed by atoms with Crippen LogP contribution in [0.3, 0.4) is 0 Å². The summed E-state index contributed by atoms with van der Waals surface area (Å²) in [6, 6.07) is 4.38. The van der Waals surface area contributed by atoms with Crippen molar-refractivity contribution in [3.8, 4) is 0 Å². The highest BCUT2D eigenvalue weighted by Gasteiger charge is 2.21. The van der Waals surface area contributed by atoms with Gasteiger partial charge in [-0.3, -0.25) is 4.79 Å². The Labute approximate surface area is 129 Å². The van der Waals surface area contributed by atoms with Crippen molar-refractivity contribution < 1.29 is 9.90 Å². The molecule has 1 aromatic carbocycles. The van der Waals surface area contributed by atoms with Gasteiger partial charge in [-0.25, -0.2) is 0 Å². The second-order valence-electron chi connectivity index (χ2n) is 4.81. The lowest BCUT2D eigenvalue weighted by Crippen LogP contribution is -2.45. The SMILES string of the molecule is CCC(C)C(N)C(=O)NCC(O)c1c(Cl)cccc1Cl. The van der Waals surface area contributed by atoms with Gasteiger partial charge in [0, 0.05) is 22.2 Å². The summed E-state index contributed by atoms with van der Waals surface area (Å²) < 4.78 is 0. The summed E-state index contributed by atoms with van der Waals surface area (Å²) >= 11 is 12.0. The lowest BCUT2D eigenvalue weighted by Gasteiger charge is -2.20. The van der Waals surface area contributed by atoms with Crippen molar-refractivity contribution >= 4 is 29.1 Å². The average molecular weight is 319 g/mol. The number of hydrogen-bond donors (Lipinski definition) is 3. The average Bonchev–Trinajstić information content (AvgIpc) is 2.42. The molecule has 3 atom stereocenters. The molecule has 1 amide bonds. The van der Waals surface area contributed by atoms with Crippen LogP contribution in [0.25, 0.3) is 0 Å². The summed E-state index contributed by atoms with van der Waals surface area (Å²) in [6.45, 7) is 3.90. The Balaban J connectivity index is 2.64. The standard InChI is InChI=1S/C14H20Cl2N2O2/c1-3-8(2)13(17)14(20)18-7-11(19)12-9(15)5-4-6-10(12)16/h4-6,8,11,13,19H,3,7,17H2,1-2H3,(H,18,20). The van der Waals surface area contributed by atoms with E-state index in [1.807, 2.05) is 13.8 Å². The molecule has 3 unspecified atom stereocenters. The fraction of sp³-hybridized carbons (Fsp3) is 0.500. The Hall–Kier alpha value is -0.810. The highest BCUT2D eigenvalue weighted by Crippen LogP contribution is 2.29. The van der Waals surface area contributed by atoms with Crippen LogP contribution in [0.4, 0.5) is 0 Å².